The van der Waals surface area contributed by atoms with Gasteiger partial charge in [0.25, 0.3) is 0 Å². The van der Waals surface area contributed by atoms with Crippen molar-refractivity contribution in [2.75, 3.05) is 23.7 Å². The van der Waals surface area contributed by atoms with Crippen LogP contribution in [0, 0.1) is 11.7 Å². The highest BCUT2D eigenvalue weighted by Crippen LogP contribution is 2.27. The van der Waals surface area contributed by atoms with Crippen LogP contribution in [0.5, 0.6) is 0 Å². The predicted octanol–water partition coefficient (Wildman–Crippen LogP) is 1.32. The van der Waals surface area contributed by atoms with Gasteiger partial charge in [-0.15, -0.1) is 0 Å². The smallest absolute Gasteiger partial charge is 0.220 e. The van der Waals surface area contributed by atoms with E-state index in [-0.39, 0.29) is 22.5 Å². The molecule has 1 aliphatic rings. The van der Waals surface area contributed by atoms with Crippen LogP contribution in [0.3, 0.4) is 0 Å². The van der Waals surface area contributed by atoms with Gasteiger partial charge in [0.1, 0.15) is 5.82 Å². The lowest BCUT2D eigenvalue weighted by molar-refractivity contribution is -0.122. The Labute approximate surface area is 123 Å². The average Bonchev–Trinajstić information content (AvgIpc) is 2.47. The van der Waals surface area contributed by atoms with Crippen LogP contribution < -0.4 is 10.6 Å². The molecule has 1 aromatic rings. The first-order valence-corrected chi connectivity index (χ1v) is 8.57. The predicted molar refractivity (Wildman–Crippen MR) is 78.3 cm³/mol. The molecule has 0 bridgehead atoms. The van der Waals surface area contributed by atoms with E-state index >= 15 is 0 Å². The van der Waals surface area contributed by atoms with Crippen LogP contribution in [0.4, 0.5) is 10.1 Å². The van der Waals surface area contributed by atoms with Crippen LogP contribution in [0.1, 0.15) is 19.8 Å². The van der Waals surface area contributed by atoms with Crippen LogP contribution in [-0.4, -0.2) is 33.2 Å². The van der Waals surface area contributed by atoms with Crippen molar-refractivity contribution in [1.29, 1.82) is 0 Å². The zero-order valence-corrected chi connectivity index (χ0v) is 12.7. The van der Waals surface area contributed by atoms with E-state index < -0.39 is 15.7 Å². The summed E-state index contributed by atoms with van der Waals surface area (Å²) in [6, 6.07) is 3.98. The first kappa shape index (κ1) is 15.8. The van der Waals surface area contributed by atoms with Crippen molar-refractivity contribution in [3.63, 3.8) is 0 Å². The second-order valence-corrected chi connectivity index (χ2v) is 7.46. The molecule has 0 unspecified atom stereocenters. The number of primary amides is 1. The number of carbonyl (C=O) groups excluding carboxylic acids is 1. The SMILES string of the molecule is CCS(=O)(=O)c1ccc(N2CCC(C(N)=O)CC2)c(F)c1. The Hall–Kier alpha value is -1.63. The van der Waals surface area contributed by atoms with Gasteiger partial charge in [-0.25, -0.2) is 12.8 Å². The molecule has 0 saturated carbocycles. The molecule has 2 N–H and O–H groups in total. The molecule has 5 nitrogen and oxygen atoms in total. The quantitative estimate of drug-likeness (QED) is 0.909. The van der Waals surface area contributed by atoms with Crippen LogP contribution in [0.15, 0.2) is 23.1 Å². The molecule has 0 aliphatic carbocycles. The third-order valence-electron chi connectivity index (χ3n) is 3.90. The van der Waals surface area contributed by atoms with E-state index in [4.69, 9.17) is 5.73 Å². The van der Waals surface area contributed by atoms with Crippen LogP contribution in [0.25, 0.3) is 0 Å². The highest BCUT2D eigenvalue weighted by Gasteiger charge is 2.25. The topological polar surface area (TPSA) is 80.5 Å². The molecule has 0 aromatic heterocycles. The second-order valence-electron chi connectivity index (χ2n) is 5.18. The fraction of sp³-hybridized carbons (Fsp3) is 0.500. The zero-order chi connectivity index (χ0) is 15.6. The van der Waals surface area contributed by atoms with Crippen LogP contribution in [0.2, 0.25) is 0 Å². The minimum absolute atomic E-state index is 0.00160. The summed E-state index contributed by atoms with van der Waals surface area (Å²) in [5.74, 6) is -1.10. The molecule has 1 aromatic carbocycles. The first-order chi connectivity index (χ1) is 9.85. The summed E-state index contributed by atoms with van der Waals surface area (Å²) < 4.78 is 37.6. The normalized spacial score (nSPS) is 17.0. The Kier molecular flexibility index (Phi) is 4.51. The molecule has 0 spiro atoms. The van der Waals surface area contributed by atoms with E-state index in [0.29, 0.717) is 31.6 Å². The van der Waals surface area contributed by atoms with E-state index in [0.717, 1.165) is 6.07 Å². The highest BCUT2D eigenvalue weighted by atomic mass is 32.2. The number of nitrogens with two attached hydrogens (primary N) is 1. The van der Waals surface area contributed by atoms with Gasteiger partial charge >= 0.3 is 0 Å². The largest absolute Gasteiger partial charge is 0.369 e. The maximum atomic E-state index is 14.2. The molecule has 21 heavy (non-hydrogen) atoms. The number of nitrogens with zero attached hydrogens (tertiary/aromatic N) is 1. The Balaban J connectivity index is 2.18. The van der Waals surface area contributed by atoms with Gasteiger partial charge in [0.15, 0.2) is 9.84 Å². The number of halogens is 1. The number of sulfone groups is 1. The van der Waals surface area contributed by atoms with Gasteiger partial charge in [-0.1, -0.05) is 6.92 Å². The Morgan fingerprint density at radius 2 is 2.00 bits per heavy atom. The van der Waals surface area contributed by atoms with Crippen molar-refractivity contribution in [2.45, 2.75) is 24.7 Å². The number of piperidine rings is 1. The minimum Gasteiger partial charge on any atom is -0.369 e. The number of carbonyl (C=O) groups is 1. The summed E-state index contributed by atoms with van der Waals surface area (Å²) in [5, 5.41) is 0. The maximum Gasteiger partial charge on any atom is 0.220 e. The summed E-state index contributed by atoms with van der Waals surface area (Å²) in [6.07, 6.45) is 1.17. The van der Waals surface area contributed by atoms with Gasteiger partial charge in [0, 0.05) is 19.0 Å². The summed E-state index contributed by atoms with van der Waals surface area (Å²) in [6.45, 7) is 2.59. The van der Waals surface area contributed by atoms with E-state index in [1.807, 2.05) is 4.90 Å². The Morgan fingerprint density at radius 3 is 2.48 bits per heavy atom. The second kappa shape index (κ2) is 6.01. The Morgan fingerprint density at radius 1 is 1.38 bits per heavy atom. The van der Waals surface area contributed by atoms with Gasteiger partial charge in [-0.05, 0) is 31.0 Å². The van der Waals surface area contributed by atoms with E-state index in [1.54, 1.807) is 0 Å². The lowest BCUT2D eigenvalue weighted by atomic mass is 9.96. The fourth-order valence-corrected chi connectivity index (χ4v) is 3.40. The van der Waals surface area contributed by atoms with Crippen LogP contribution >= 0.6 is 0 Å². The van der Waals surface area contributed by atoms with Crippen molar-refractivity contribution in [2.24, 2.45) is 11.7 Å². The Bertz CT molecular complexity index is 638. The van der Waals surface area contributed by atoms with Crippen molar-refractivity contribution in [1.82, 2.24) is 0 Å². The number of hydrogen-bond acceptors (Lipinski definition) is 4. The molecule has 2 rings (SSSR count). The molecule has 7 heteroatoms. The number of amides is 1. The molecular formula is C14H19FN2O3S. The number of benzene rings is 1. The first-order valence-electron chi connectivity index (χ1n) is 6.91. The van der Waals surface area contributed by atoms with Gasteiger partial charge < -0.3 is 10.6 Å². The van der Waals surface area contributed by atoms with E-state index in [9.17, 15) is 17.6 Å². The lowest BCUT2D eigenvalue weighted by Crippen LogP contribution is -2.38. The lowest BCUT2D eigenvalue weighted by Gasteiger charge is -2.32. The van der Waals surface area contributed by atoms with Gasteiger partial charge in [0.05, 0.1) is 16.3 Å². The van der Waals surface area contributed by atoms with Crippen molar-refractivity contribution in [3.05, 3.63) is 24.0 Å². The molecule has 1 fully saturated rings. The van der Waals surface area contributed by atoms with Gasteiger partial charge in [-0.2, -0.15) is 0 Å². The molecule has 1 aliphatic heterocycles. The average molecular weight is 314 g/mol. The summed E-state index contributed by atoms with van der Waals surface area (Å²) in [7, 11) is -3.41. The molecular weight excluding hydrogens is 295 g/mol. The van der Waals surface area contributed by atoms with Crippen molar-refractivity contribution < 1.29 is 17.6 Å². The molecule has 1 saturated heterocycles. The monoisotopic (exact) mass is 314 g/mol. The maximum absolute atomic E-state index is 14.2. The molecule has 0 atom stereocenters. The highest BCUT2D eigenvalue weighted by molar-refractivity contribution is 7.91. The third kappa shape index (κ3) is 3.34. The van der Waals surface area contributed by atoms with Crippen LogP contribution in [-0.2, 0) is 14.6 Å². The minimum atomic E-state index is -3.41. The number of anilines is 1. The number of hydrogen-bond donors (Lipinski definition) is 1. The summed E-state index contributed by atoms with van der Waals surface area (Å²) >= 11 is 0. The van der Waals surface area contributed by atoms with Gasteiger partial charge in [0.2, 0.25) is 5.91 Å². The summed E-state index contributed by atoms with van der Waals surface area (Å²) in [5.41, 5.74) is 5.63. The molecule has 1 amide bonds. The standard InChI is InChI=1S/C14H19FN2O3S/c1-2-21(19,20)11-3-4-13(12(15)9-11)17-7-5-10(6-8-17)14(16)18/h3-4,9-10H,2,5-8H2,1H3,(H2,16,18). The third-order valence-corrected chi connectivity index (χ3v) is 5.63. The molecule has 116 valence electrons. The van der Waals surface area contributed by atoms with E-state index in [2.05, 4.69) is 0 Å². The summed E-state index contributed by atoms with van der Waals surface area (Å²) in [4.78, 5) is 12.9. The fourth-order valence-electron chi connectivity index (χ4n) is 2.51. The molecule has 1 heterocycles. The van der Waals surface area contributed by atoms with E-state index in [1.165, 1.54) is 19.1 Å². The van der Waals surface area contributed by atoms with Crippen molar-refractivity contribution >= 4 is 21.4 Å². The van der Waals surface area contributed by atoms with Gasteiger partial charge in [-0.3, -0.25) is 4.79 Å². The van der Waals surface area contributed by atoms with Crippen molar-refractivity contribution in [3.8, 4) is 0 Å². The molecule has 0 radical (unpaired) electrons. The number of rotatable bonds is 4. The zero-order valence-electron chi connectivity index (χ0n) is 11.9.